The van der Waals surface area contributed by atoms with E-state index in [1.165, 1.54) is 0 Å². The number of likely N-dealkylation sites (tertiary alicyclic amines) is 1. The quantitative estimate of drug-likeness (QED) is 0.595. The van der Waals surface area contributed by atoms with Gasteiger partial charge in [0.1, 0.15) is 0 Å². The fourth-order valence-corrected chi connectivity index (χ4v) is 4.54. The van der Waals surface area contributed by atoms with Gasteiger partial charge in [-0.3, -0.25) is 9.59 Å². The van der Waals surface area contributed by atoms with Crippen LogP contribution < -0.4 is 5.32 Å². The molecule has 0 spiro atoms. The van der Waals surface area contributed by atoms with Gasteiger partial charge in [0, 0.05) is 23.7 Å². The zero-order valence-corrected chi connectivity index (χ0v) is 18.0. The highest BCUT2D eigenvalue weighted by Crippen LogP contribution is 2.24. The van der Waals surface area contributed by atoms with Crippen LogP contribution in [-0.4, -0.2) is 36.1 Å². The standard InChI is InChI=1S/C25H26N2O2S/c1-30-22-12-5-11-21(16-22)26-25(29)20-10-6-14-27(17-20)24(28)15-19-9-4-8-18-7-2-3-13-23(18)19/h2-5,7-9,11-13,16,20H,6,10,14-15,17H2,1H3,(H,26,29)/t20-/m0/s1. The molecule has 0 radical (unpaired) electrons. The van der Waals surface area contributed by atoms with Crippen LogP contribution in [0.15, 0.2) is 71.6 Å². The van der Waals surface area contributed by atoms with Crippen molar-refractivity contribution in [3.63, 3.8) is 0 Å². The van der Waals surface area contributed by atoms with Crippen LogP contribution in [0.5, 0.6) is 0 Å². The molecule has 0 aliphatic carbocycles. The monoisotopic (exact) mass is 418 g/mol. The number of carbonyl (C=O) groups excluding carboxylic acids is 2. The summed E-state index contributed by atoms with van der Waals surface area (Å²) in [5, 5.41) is 5.29. The number of benzene rings is 3. The Labute approximate surface area is 181 Å². The summed E-state index contributed by atoms with van der Waals surface area (Å²) >= 11 is 1.65. The number of hydrogen-bond donors (Lipinski definition) is 1. The summed E-state index contributed by atoms with van der Waals surface area (Å²) < 4.78 is 0. The summed E-state index contributed by atoms with van der Waals surface area (Å²) in [5.74, 6) is -0.0858. The van der Waals surface area contributed by atoms with Crippen molar-refractivity contribution in [3.8, 4) is 0 Å². The molecular weight excluding hydrogens is 392 g/mol. The van der Waals surface area contributed by atoms with Gasteiger partial charge in [-0.15, -0.1) is 11.8 Å². The fraction of sp³-hybridized carbons (Fsp3) is 0.280. The minimum absolute atomic E-state index is 0.00378. The number of hydrogen-bond acceptors (Lipinski definition) is 3. The molecule has 0 aromatic heterocycles. The van der Waals surface area contributed by atoms with Crippen molar-refractivity contribution < 1.29 is 9.59 Å². The van der Waals surface area contributed by atoms with Crippen LogP contribution in [0, 0.1) is 5.92 Å². The Bertz CT molecular complexity index is 1060. The molecule has 5 heteroatoms. The van der Waals surface area contributed by atoms with Gasteiger partial charge < -0.3 is 10.2 Å². The van der Waals surface area contributed by atoms with Crippen LogP contribution >= 0.6 is 11.8 Å². The Morgan fingerprint density at radius 1 is 1.07 bits per heavy atom. The van der Waals surface area contributed by atoms with Crippen LogP contribution in [0.1, 0.15) is 18.4 Å². The topological polar surface area (TPSA) is 49.4 Å². The van der Waals surface area contributed by atoms with E-state index in [1.54, 1.807) is 11.8 Å². The molecule has 1 saturated heterocycles. The minimum atomic E-state index is -0.173. The molecule has 0 saturated carbocycles. The molecule has 154 valence electrons. The van der Waals surface area contributed by atoms with E-state index >= 15 is 0 Å². The SMILES string of the molecule is CSc1cccc(NC(=O)[C@H]2CCCN(C(=O)Cc3cccc4ccccc34)C2)c1. The van der Waals surface area contributed by atoms with Crippen molar-refractivity contribution in [2.45, 2.75) is 24.2 Å². The van der Waals surface area contributed by atoms with Crippen LogP contribution in [0.4, 0.5) is 5.69 Å². The maximum atomic E-state index is 13.0. The van der Waals surface area contributed by atoms with Crippen molar-refractivity contribution in [1.29, 1.82) is 0 Å². The van der Waals surface area contributed by atoms with Gasteiger partial charge in [-0.2, -0.15) is 0 Å². The number of thioether (sulfide) groups is 1. The van der Waals surface area contributed by atoms with Gasteiger partial charge in [-0.25, -0.2) is 0 Å². The molecular formula is C25H26N2O2S. The molecule has 3 aromatic rings. The van der Waals surface area contributed by atoms with Crippen molar-refractivity contribution >= 4 is 40.0 Å². The summed E-state index contributed by atoms with van der Waals surface area (Å²) in [7, 11) is 0. The van der Waals surface area contributed by atoms with Gasteiger partial charge in [0.05, 0.1) is 12.3 Å². The lowest BCUT2D eigenvalue weighted by Gasteiger charge is -2.32. The van der Waals surface area contributed by atoms with Gasteiger partial charge >= 0.3 is 0 Å². The lowest BCUT2D eigenvalue weighted by atomic mass is 9.95. The third kappa shape index (κ3) is 4.68. The first-order chi connectivity index (χ1) is 14.6. The predicted octanol–water partition coefficient (Wildman–Crippen LogP) is 4.98. The molecule has 2 amide bonds. The molecule has 4 nitrogen and oxygen atoms in total. The first kappa shape index (κ1) is 20.5. The zero-order valence-electron chi connectivity index (χ0n) is 17.1. The number of piperidine rings is 1. The highest BCUT2D eigenvalue weighted by Gasteiger charge is 2.28. The molecule has 1 fully saturated rings. The summed E-state index contributed by atoms with van der Waals surface area (Å²) in [6, 6.07) is 22.1. The van der Waals surface area contributed by atoms with Gasteiger partial charge in [0.15, 0.2) is 0 Å². The first-order valence-electron chi connectivity index (χ1n) is 10.3. The van der Waals surface area contributed by atoms with Gasteiger partial charge in [-0.05, 0) is 53.6 Å². The molecule has 1 heterocycles. The van der Waals surface area contributed by atoms with Crippen LogP contribution in [0.3, 0.4) is 0 Å². The van der Waals surface area contributed by atoms with E-state index in [4.69, 9.17) is 0 Å². The largest absolute Gasteiger partial charge is 0.342 e. The normalized spacial score (nSPS) is 16.4. The molecule has 30 heavy (non-hydrogen) atoms. The average Bonchev–Trinajstić information content (AvgIpc) is 2.79. The third-order valence-corrected chi connectivity index (χ3v) is 6.43. The van der Waals surface area contributed by atoms with E-state index < -0.39 is 0 Å². The summed E-state index contributed by atoms with van der Waals surface area (Å²) in [6.45, 7) is 1.20. The fourth-order valence-electron chi connectivity index (χ4n) is 4.08. The van der Waals surface area contributed by atoms with Crippen molar-refractivity contribution in [1.82, 2.24) is 4.90 Å². The second kappa shape index (κ2) is 9.35. The highest BCUT2D eigenvalue weighted by molar-refractivity contribution is 7.98. The highest BCUT2D eigenvalue weighted by atomic mass is 32.2. The summed E-state index contributed by atoms with van der Waals surface area (Å²) in [6.07, 6.45) is 4.04. The van der Waals surface area contributed by atoms with Crippen LogP contribution in [0.25, 0.3) is 10.8 Å². The van der Waals surface area contributed by atoms with Gasteiger partial charge in [0.25, 0.3) is 0 Å². The molecule has 4 rings (SSSR count). The first-order valence-corrected chi connectivity index (χ1v) is 11.6. The van der Waals surface area contributed by atoms with Crippen LogP contribution in [0.2, 0.25) is 0 Å². The Balaban J connectivity index is 1.41. The summed E-state index contributed by atoms with van der Waals surface area (Å²) in [4.78, 5) is 28.8. The Kier molecular flexibility index (Phi) is 6.38. The number of rotatable bonds is 5. The van der Waals surface area contributed by atoms with E-state index in [1.807, 2.05) is 59.7 Å². The molecule has 3 aromatic carbocycles. The zero-order chi connectivity index (χ0) is 20.9. The van der Waals surface area contributed by atoms with Gasteiger partial charge in [0.2, 0.25) is 11.8 Å². The third-order valence-electron chi connectivity index (χ3n) is 5.70. The lowest BCUT2D eigenvalue weighted by molar-refractivity contribution is -0.133. The molecule has 1 aliphatic rings. The van der Waals surface area contributed by atoms with Gasteiger partial charge in [-0.1, -0.05) is 48.5 Å². The lowest BCUT2D eigenvalue weighted by Crippen LogP contribution is -2.44. The summed E-state index contributed by atoms with van der Waals surface area (Å²) in [5.41, 5.74) is 1.85. The smallest absolute Gasteiger partial charge is 0.229 e. The van der Waals surface area contributed by atoms with Crippen LogP contribution in [-0.2, 0) is 16.0 Å². The maximum absolute atomic E-state index is 13.0. The Hall–Kier alpha value is -2.79. The van der Waals surface area contributed by atoms with Crippen molar-refractivity contribution in [3.05, 3.63) is 72.3 Å². The Morgan fingerprint density at radius 3 is 2.73 bits per heavy atom. The van der Waals surface area contributed by atoms with Crippen molar-refractivity contribution in [2.75, 3.05) is 24.7 Å². The number of nitrogens with zero attached hydrogens (tertiary/aromatic N) is 1. The number of anilines is 1. The maximum Gasteiger partial charge on any atom is 0.229 e. The predicted molar refractivity (Wildman–Crippen MR) is 124 cm³/mol. The Morgan fingerprint density at radius 2 is 1.87 bits per heavy atom. The van der Waals surface area contributed by atoms with E-state index in [0.717, 1.165) is 46.3 Å². The number of carbonyl (C=O) groups is 2. The van der Waals surface area contributed by atoms with E-state index in [9.17, 15) is 9.59 Å². The molecule has 1 N–H and O–H groups in total. The number of fused-ring (bicyclic) bond motifs is 1. The van der Waals surface area contributed by atoms with Crippen molar-refractivity contribution in [2.24, 2.45) is 5.92 Å². The average molecular weight is 419 g/mol. The van der Waals surface area contributed by atoms with E-state index in [2.05, 4.69) is 23.5 Å². The molecule has 0 bridgehead atoms. The molecule has 1 atom stereocenters. The number of nitrogens with one attached hydrogen (secondary N) is 1. The molecule has 0 unspecified atom stereocenters. The molecule has 1 aliphatic heterocycles. The minimum Gasteiger partial charge on any atom is -0.342 e. The number of amides is 2. The van der Waals surface area contributed by atoms with E-state index in [0.29, 0.717) is 13.0 Å². The second-order valence-electron chi connectivity index (χ2n) is 7.72. The van der Waals surface area contributed by atoms with E-state index in [-0.39, 0.29) is 17.7 Å². The second-order valence-corrected chi connectivity index (χ2v) is 8.59.